The molecule has 1 aromatic carbocycles. The summed E-state index contributed by atoms with van der Waals surface area (Å²) in [5, 5.41) is 7.58. The third kappa shape index (κ3) is 4.75. The average Bonchev–Trinajstić information content (AvgIpc) is 3.17. The van der Waals surface area contributed by atoms with E-state index >= 15 is 0 Å². The second-order valence-corrected chi connectivity index (χ2v) is 9.13. The summed E-state index contributed by atoms with van der Waals surface area (Å²) in [5.41, 5.74) is 0.678. The molecule has 3 rings (SSSR count). The number of aromatic nitrogens is 4. The molecule has 0 amide bonds. The highest BCUT2D eigenvalue weighted by Gasteiger charge is 2.25. The van der Waals surface area contributed by atoms with Crippen LogP contribution in [0.15, 0.2) is 39.4 Å². The Morgan fingerprint density at radius 2 is 1.62 bits per heavy atom. The van der Waals surface area contributed by atoms with Crippen molar-refractivity contribution in [3.8, 4) is 0 Å². The lowest BCUT2D eigenvalue weighted by atomic mass is 9.97. The first-order chi connectivity index (χ1) is 12.2. The second-order valence-electron chi connectivity index (χ2n) is 7.06. The average molecular weight is 376 g/mol. The Morgan fingerprint density at radius 3 is 2.27 bits per heavy atom. The van der Waals surface area contributed by atoms with Crippen molar-refractivity contribution >= 4 is 9.84 Å². The van der Waals surface area contributed by atoms with Gasteiger partial charge in [-0.05, 0) is 5.56 Å². The Kier molecular flexibility index (Phi) is 4.90. The van der Waals surface area contributed by atoms with Crippen LogP contribution < -0.4 is 0 Å². The van der Waals surface area contributed by atoms with Crippen LogP contribution in [0.25, 0.3) is 0 Å². The molecule has 138 valence electrons. The summed E-state index contributed by atoms with van der Waals surface area (Å²) in [5.74, 6) is 0.299. The molecule has 0 aliphatic heterocycles. The van der Waals surface area contributed by atoms with Gasteiger partial charge in [0.2, 0.25) is 11.8 Å². The first-order valence-electron chi connectivity index (χ1n) is 8.10. The van der Waals surface area contributed by atoms with Gasteiger partial charge in [0.1, 0.15) is 11.5 Å². The van der Waals surface area contributed by atoms with E-state index in [1.807, 2.05) is 51.1 Å². The molecular formula is C17H20N4O4S. The molecule has 26 heavy (non-hydrogen) atoms. The number of sulfone groups is 1. The van der Waals surface area contributed by atoms with E-state index in [0.29, 0.717) is 18.1 Å². The van der Waals surface area contributed by atoms with E-state index in [0.717, 1.165) is 5.56 Å². The molecule has 9 heteroatoms. The predicted molar refractivity (Wildman–Crippen MR) is 92.9 cm³/mol. The minimum Gasteiger partial charge on any atom is -0.339 e. The minimum absolute atomic E-state index is 0.0514. The second kappa shape index (κ2) is 6.99. The van der Waals surface area contributed by atoms with E-state index in [1.165, 1.54) is 0 Å². The van der Waals surface area contributed by atoms with Crippen molar-refractivity contribution in [1.82, 2.24) is 20.3 Å². The molecule has 8 nitrogen and oxygen atoms in total. The third-order valence-electron chi connectivity index (χ3n) is 3.52. The Hall–Kier alpha value is -2.55. The lowest BCUT2D eigenvalue weighted by Gasteiger charge is -2.10. The Bertz CT molecular complexity index is 972. The summed E-state index contributed by atoms with van der Waals surface area (Å²) < 4.78 is 34.9. The number of rotatable bonds is 6. The maximum atomic E-state index is 12.3. The molecular weight excluding hydrogens is 356 g/mol. The van der Waals surface area contributed by atoms with E-state index in [9.17, 15) is 8.42 Å². The lowest BCUT2D eigenvalue weighted by molar-refractivity contribution is 0.319. The van der Waals surface area contributed by atoms with Gasteiger partial charge in [0, 0.05) is 11.8 Å². The summed E-state index contributed by atoms with van der Waals surface area (Å²) in [4.78, 5) is 8.30. The molecule has 0 saturated carbocycles. The number of hydrogen-bond donors (Lipinski definition) is 0. The molecule has 0 aliphatic carbocycles. The van der Waals surface area contributed by atoms with E-state index in [2.05, 4.69) is 20.3 Å². The zero-order valence-electron chi connectivity index (χ0n) is 14.8. The predicted octanol–water partition coefficient (Wildman–Crippen LogP) is 2.46. The molecule has 0 radical (unpaired) electrons. The molecule has 2 heterocycles. The van der Waals surface area contributed by atoms with Crippen LogP contribution in [0.5, 0.6) is 0 Å². The van der Waals surface area contributed by atoms with E-state index in [-0.39, 0.29) is 28.6 Å². The van der Waals surface area contributed by atoms with Crippen LogP contribution >= 0.6 is 0 Å². The van der Waals surface area contributed by atoms with Crippen molar-refractivity contribution in [2.45, 2.75) is 44.1 Å². The fourth-order valence-electron chi connectivity index (χ4n) is 2.25. The summed E-state index contributed by atoms with van der Waals surface area (Å²) in [6.45, 7) is 5.72. The Morgan fingerprint density at radius 1 is 0.923 bits per heavy atom. The largest absolute Gasteiger partial charge is 0.339 e. The first-order valence-corrected chi connectivity index (χ1v) is 9.92. The van der Waals surface area contributed by atoms with Gasteiger partial charge in [-0.15, -0.1) is 0 Å². The lowest BCUT2D eigenvalue weighted by Crippen LogP contribution is -2.13. The van der Waals surface area contributed by atoms with Gasteiger partial charge in [0.15, 0.2) is 21.5 Å². The van der Waals surface area contributed by atoms with Crippen molar-refractivity contribution in [2.75, 3.05) is 0 Å². The zero-order valence-corrected chi connectivity index (χ0v) is 15.7. The van der Waals surface area contributed by atoms with Gasteiger partial charge in [-0.3, -0.25) is 0 Å². The van der Waals surface area contributed by atoms with Crippen molar-refractivity contribution in [3.63, 3.8) is 0 Å². The van der Waals surface area contributed by atoms with Crippen LogP contribution in [-0.4, -0.2) is 28.7 Å². The van der Waals surface area contributed by atoms with Gasteiger partial charge >= 0.3 is 0 Å². The van der Waals surface area contributed by atoms with Crippen LogP contribution in [0, 0.1) is 0 Å². The monoisotopic (exact) mass is 376 g/mol. The maximum absolute atomic E-state index is 12.3. The first kappa shape index (κ1) is 18.2. The topological polar surface area (TPSA) is 112 Å². The van der Waals surface area contributed by atoms with Gasteiger partial charge in [-0.25, -0.2) is 8.42 Å². The highest BCUT2D eigenvalue weighted by Crippen LogP contribution is 2.20. The molecule has 0 spiro atoms. The highest BCUT2D eigenvalue weighted by molar-refractivity contribution is 7.89. The maximum Gasteiger partial charge on any atom is 0.241 e. The summed E-state index contributed by atoms with van der Waals surface area (Å²) >= 11 is 0. The number of benzene rings is 1. The van der Waals surface area contributed by atoms with Crippen LogP contribution in [0.3, 0.4) is 0 Å². The van der Waals surface area contributed by atoms with Crippen LogP contribution in [0.4, 0.5) is 0 Å². The van der Waals surface area contributed by atoms with E-state index in [4.69, 9.17) is 9.05 Å². The summed E-state index contributed by atoms with van der Waals surface area (Å²) in [6, 6.07) is 9.63. The van der Waals surface area contributed by atoms with Crippen molar-refractivity contribution < 1.29 is 17.5 Å². The van der Waals surface area contributed by atoms with Gasteiger partial charge in [0.05, 0.1) is 0 Å². The molecule has 0 unspecified atom stereocenters. The standard InChI is InChI=1S/C17H20N4O4S/c1-17(2,3)16-19-14(21-25-16)10-26(22,23)11-15-18-13(20-24-15)9-12-7-5-4-6-8-12/h4-8H,9-11H2,1-3H3. The molecule has 0 atom stereocenters. The molecule has 2 aromatic heterocycles. The van der Waals surface area contributed by atoms with Crippen LogP contribution in [0.1, 0.15) is 49.8 Å². The van der Waals surface area contributed by atoms with Crippen LogP contribution in [0.2, 0.25) is 0 Å². The fraction of sp³-hybridized carbons (Fsp3) is 0.412. The van der Waals surface area contributed by atoms with Gasteiger partial charge in [0.25, 0.3) is 0 Å². The zero-order chi connectivity index (χ0) is 18.8. The molecule has 0 bridgehead atoms. The van der Waals surface area contributed by atoms with Gasteiger partial charge in [-0.1, -0.05) is 61.4 Å². The Balaban J connectivity index is 1.65. The van der Waals surface area contributed by atoms with E-state index < -0.39 is 9.84 Å². The van der Waals surface area contributed by atoms with Crippen molar-refractivity contribution in [2.24, 2.45) is 0 Å². The minimum atomic E-state index is -3.56. The van der Waals surface area contributed by atoms with Crippen LogP contribution in [-0.2, 0) is 33.2 Å². The van der Waals surface area contributed by atoms with E-state index in [1.54, 1.807) is 0 Å². The molecule has 0 N–H and O–H groups in total. The third-order valence-corrected chi connectivity index (χ3v) is 4.90. The summed E-state index contributed by atoms with van der Waals surface area (Å²) in [6.07, 6.45) is 0.476. The smallest absolute Gasteiger partial charge is 0.241 e. The molecule has 0 aliphatic rings. The normalized spacial score (nSPS) is 12.4. The molecule has 0 saturated heterocycles. The van der Waals surface area contributed by atoms with Crippen molar-refractivity contribution in [3.05, 3.63) is 59.3 Å². The Labute approximate surface area is 151 Å². The highest BCUT2D eigenvalue weighted by atomic mass is 32.2. The SMILES string of the molecule is CC(C)(C)c1nc(CS(=O)(=O)Cc2nc(Cc3ccccc3)no2)no1. The number of hydrogen-bond acceptors (Lipinski definition) is 8. The number of nitrogens with zero attached hydrogens (tertiary/aromatic N) is 4. The van der Waals surface area contributed by atoms with Gasteiger partial charge in [-0.2, -0.15) is 9.97 Å². The molecule has 3 aromatic rings. The van der Waals surface area contributed by atoms with Gasteiger partial charge < -0.3 is 9.05 Å². The quantitative estimate of drug-likeness (QED) is 0.645. The molecule has 0 fully saturated rings. The fourth-order valence-corrected chi connectivity index (χ4v) is 3.36. The van der Waals surface area contributed by atoms with Crippen molar-refractivity contribution in [1.29, 1.82) is 0 Å². The summed E-state index contributed by atoms with van der Waals surface area (Å²) in [7, 11) is -3.56.